The van der Waals surface area contributed by atoms with E-state index in [-0.39, 0.29) is 15.6 Å². The molecule has 0 atom stereocenters. The lowest BCUT2D eigenvalue weighted by atomic mass is 10.1. The number of hydrogen-bond acceptors (Lipinski definition) is 6. The van der Waals surface area contributed by atoms with Gasteiger partial charge in [-0.1, -0.05) is 11.6 Å². The molecule has 0 radical (unpaired) electrons. The first kappa shape index (κ1) is 15.3. The van der Waals surface area contributed by atoms with E-state index in [1.54, 1.807) is 18.2 Å². The quantitative estimate of drug-likeness (QED) is 0.512. The van der Waals surface area contributed by atoms with Crippen LogP contribution in [0.5, 0.6) is 0 Å². The predicted octanol–water partition coefficient (Wildman–Crippen LogP) is 3.83. The van der Waals surface area contributed by atoms with Crippen molar-refractivity contribution in [2.45, 2.75) is 0 Å². The highest BCUT2D eigenvalue weighted by Gasteiger charge is 2.25. The highest BCUT2D eigenvalue weighted by molar-refractivity contribution is 8.18. The third kappa shape index (κ3) is 3.13. The molecule has 1 aromatic heterocycles. The minimum absolute atomic E-state index is 0.0326. The molecule has 1 saturated heterocycles. The second-order valence-electron chi connectivity index (χ2n) is 4.48. The third-order valence-corrected chi connectivity index (χ3v) is 4.10. The summed E-state index contributed by atoms with van der Waals surface area (Å²) in [5.74, 6) is 0.247. The van der Waals surface area contributed by atoms with Crippen LogP contribution in [0.15, 0.2) is 39.7 Å². The van der Waals surface area contributed by atoms with Crippen molar-refractivity contribution >= 4 is 46.3 Å². The van der Waals surface area contributed by atoms with Crippen LogP contribution in [0.3, 0.4) is 0 Å². The molecule has 0 unspecified atom stereocenters. The van der Waals surface area contributed by atoms with Crippen LogP contribution in [0, 0.1) is 10.1 Å². The Kier molecular flexibility index (Phi) is 3.93. The number of amides is 2. The molecule has 0 aliphatic carbocycles. The Labute approximate surface area is 138 Å². The molecule has 2 aromatic rings. The summed E-state index contributed by atoms with van der Waals surface area (Å²) in [6, 6.07) is 7.51. The zero-order valence-corrected chi connectivity index (χ0v) is 12.8. The van der Waals surface area contributed by atoms with Gasteiger partial charge >= 0.3 is 0 Å². The van der Waals surface area contributed by atoms with E-state index in [1.807, 2.05) is 0 Å². The maximum absolute atomic E-state index is 11.5. The Balaban J connectivity index is 1.92. The number of rotatable bonds is 3. The fourth-order valence-corrected chi connectivity index (χ4v) is 2.79. The minimum atomic E-state index is -0.581. The van der Waals surface area contributed by atoms with Crippen LogP contribution in [0.25, 0.3) is 17.4 Å². The van der Waals surface area contributed by atoms with Crippen molar-refractivity contribution in [2.75, 3.05) is 0 Å². The van der Waals surface area contributed by atoms with Crippen LogP contribution in [-0.4, -0.2) is 16.1 Å². The number of imide groups is 1. The van der Waals surface area contributed by atoms with Crippen molar-refractivity contribution in [3.8, 4) is 11.3 Å². The molecule has 1 fully saturated rings. The summed E-state index contributed by atoms with van der Waals surface area (Å²) in [5, 5.41) is 12.6. The number of halogens is 1. The van der Waals surface area contributed by atoms with Crippen molar-refractivity contribution in [3.05, 3.63) is 56.1 Å². The molecule has 1 N–H and O–H groups in total. The predicted molar refractivity (Wildman–Crippen MR) is 84.9 cm³/mol. The molecule has 7 nitrogen and oxygen atoms in total. The summed E-state index contributed by atoms with van der Waals surface area (Å²) in [6.45, 7) is 0. The first-order valence-corrected chi connectivity index (χ1v) is 7.42. The average molecular weight is 351 g/mol. The number of furan rings is 1. The van der Waals surface area contributed by atoms with E-state index in [2.05, 4.69) is 5.32 Å². The fraction of sp³-hybridized carbons (Fsp3) is 0. The van der Waals surface area contributed by atoms with E-state index in [0.29, 0.717) is 17.1 Å². The molecule has 3 rings (SSSR count). The molecule has 2 heterocycles. The normalized spacial score (nSPS) is 16.0. The molecule has 1 aliphatic heterocycles. The summed E-state index contributed by atoms with van der Waals surface area (Å²) >= 11 is 6.54. The van der Waals surface area contributed by atoms with Gasteiger partial charge in [-0.2, -0.15) is 0 Å². The van der Waals surface area contributed by atoms with Crippen molar-refractivity contribution in [1.82, 2.24) is 5.32 Å². The summed E-state index contributed by atoms with van der Waals surface area (Å²) in [7, 11) is 0. The lowest BCUT2D eigenvalue weighted by Gasteiger charge is -1.99. The maximum Gasteiger partial charge on any atom is 0.290 e. The number of carbonyl (C=O) groups is 2. The van der Waals surface area contributed by atoms with Crippen LogP contribution in [0.1, 0.15) is 5.76 Å². The van der Waals surface area contributed by atoms with Crippen LogP contribution in [0.4, 0.5) is 10.5 Å². The zero-order chi connectivity index (χ0) is 16.6. The van der Waals surface area contributed by atoms with E-state index < -0.39 is 16.1 Å². The largest absolute Gasteiger partial charge is 0.457 e. The molecule has 2 amide bonds. The van der Waals surface area contributed by atoms with Gasteiger partial charge < -0.3 is 4.42 Å². The van der Waals surface area contributed by atoms with Crippen molar-refractivity contribution in [3.63, 3.8) is 0 Å². The lowest BCUT2D eigenvalue weighted by molar-refractivity contribution is -0.384. The van der Waals surface area contributed by atoms with Crippen LogP contribution < -0.4 is 5.32 Å². The van der Waals surface area contributed by atoms with E-state index in [4.69, 9.17) is 16.0 Å². The van der Waals surface area contributed by atoms with E-state index in [1.165, 1.54) is 18.2 Å². The molecular formula is C14H7ClN2O5S. The third-order valence-electron chi connectivity index (χ3n) is 2.97. The Morgan fingerprint density at radius 3 is 2.70 bits per heavy atom. The summed E-state index contributed by atoms with van der Waals surface area (Å²) in [6.07, 6.45) is 1.43. The van der Waals surface area contributed by atoms with Crippen molar-refractivity contribution in [2.24, 2.45) is 0 Å². The number of nitrogens with zero attached hydrogens (tertiary/aromatic N) is 1. The van der Waals surface area contributed by atoms with Gasteiger partial charge in [0.1, 0.15) is 16.5 Å². The van der Waals surface area contributed by atoms with Gasteiger partial charge in [0.15, 0.2) is 0 Å². The summed E-state index contributed by atoms with van der Waals surface area (Å²) < 4.78 is 5.54. The minimum Gasteiger partial charge on any atom is -0.457 e. The van der Waals surface area contributed by atoms with Crippen LogP contribution in [0.2, 0.25) is 5.02 Å². The highest BCUT2D eigenvalue weighted by Crippen LogP contribution is 2.32. The Hall–Kier alpha value is -2.58. The molecule has 0 bridgehead atoms. The Bertz CT molecular complexity index is 874. The van der Waals surface area contributed by atoms with Crippen molar-refractivity contribution in [1.29, 1.82) is 0 Å². The fourth-order valence-electron chi connectivity index (χ4n) is 1.94. The first-order valence-electron chi connectivity index (χ1n) is 6.23. The van der Waals surface area contributed by atoms with Gasteiger partial charge in [0.25, 0.3) is 16.8 Å². The summed E-state index contributed by atoms with van der Waals surface area (Å²) in [5.41, 5.74) is 0.252. The number of thioether (sulfide) groups is 1. The monoisotopic (exact) mass is 350 g/mol. The molecule has 0 saturated carbocycles. The molecule has 1 aliphatic rings. The topological polar surface area (TPSA) is 102 Å². The number of nitro groups is 1. The number of carbonyl (C=O) groups excluding carboxylic acids is 2. The van der Waals surface area contributed by atoms with Gasteiger partial charge in [0.05, 0.1) is 9.83 Å². The summed E-state index contributed by atoms with van der Waals surface area (Å²) in [4.78, 5) is 33.1. The highest BCUT2D eigenvalue weighted by atomic mass is 35.5. The van der Waals surface area contributed by atoms with Gasteiger partial charge in [-0.25, -0.2) is 0 Å². The second kappa shape index (κ2) is 5.90. The van der Waals surface area contributed by atoms with E-state index in [0.717, 1.165) is 11.8 Å². The van der Waals surface area contributed by atoms with Gasteiger partial charge in [0, 0.05) is 17.7 Å². The number of nitrogens with one attached hydrogen (secondary N) is 1. The Morgan fingerprint density at radius 2 is 2.04 bits per heavy atom. The van der Waals surface area contributed by atoms with E-state index in [9.17, 15) is 19.7 Å². The molecule has 23 heavy (non-hydrogen) atoms. The molecule has 116 valence electrons. The molecular weight excluding hydrogens is 344 g/mol. The standard InChI is InChI=1S/C14H7ClN2O5S/c15-9-3-1-7(5-10(9)17(20)21)11-4-2-8(22-11)6-12-13(18)16-14(19)23-12/h1-6H,(H,16,18,19). The molecule has 9 heteroatoms. The SMILES string of the molecule is O=C1NC(=O)C(=Cc2ccc(-c3ccc(Cl)c([N+](=O)[O-])c3)o2)S1. The second-order valence-corrected chi connectivity index (χ2v) is 5.90. The Morgan fingerprint density at radius 1 is 1.26 bits per heavy atom. The molecule has 1 aromatic carbocycles. The first-order chi connectivity index (χ1) is 10.9. The number of hydrogen-bond donors (Lipinski definition) is 1. The van der Waals surface area contributed by atoms with Crippen molar-refractivity contribution < 1.29 is 18.9 Å². The zero-order valence-electron chi connectivity index (χ0n) is 11.2. The smallest absolute Gasteiger partial charge is 0.290 e. The van der Waals surface area contributed by atoms with Gasteiger partial charge in [-0.05, 0) is 36.0 Å². The maximum atomic E-state index is 11.5. The number of benzene rings is 1. The molecule has 0 spiro atoms. The van der Waals surface area contributed by atoms with Gasteiger partial charge in [0.2, 0.25) is 0 Å². The average Bonchev–Trinajstić information content (AvgIpc) is 3.06. The van der Waals surface area contributed by atoms with Gasteiger partial charge in [-0.15, -0.1) is 0 Å². The van der Waals surface area contributed by atoms with Crippen LogP contribution in [-0.2, 0) is 4.79 Å². The van der Waals surface area contributed by atoms with Crippen LogP contribution >= 0.6 is 23.4 Å². The lowest BCUT2D eigenvalue weighted by Crippen LogP contribution is -2.17. The van der Waals surface area contributed by atoms with Gasteiger partial charge in [-0.3, -0.25) is 25.0 Å². The number of nitro benzene ring substituents is 1. The van der Waals surface area contributed by atoms with E-state index >= 15 is 0 Å².